The highest BCUT2D eigenvalue weighted by Crippen LogP contribution is 2.10. The molecule has 0 fully saturated rings. The number of hydrogen-bond donors (Lipinski definition) is 2. The van der Waals surface area contributed by atoms with Gasteiger partial charge in [-0.05, 0) is 24.3 Å². The van der Waals surface area contributed by atoms with Crippen LogP contribution < -0.4 is 11.5 Å². The first-order chi connectivity index (χ1) is 8.16. The number of guanidine groups is 1. The van der Waals surface area contributed by atoms with E-state index in [1.165, 1.54) is 0 Å². The van der Waals surface area contributed by atoms with Crippen LogP contribution in [0.1, 0.15) is 10.4 Å². The fraction of sp³-hybridized carbons (Fsp3) is 0. The number of carbonyl (C=O) groups excluding carboxylic acids is 1. The zero-order chi connectivity index (χ0) is 12.3. The van der Waals surface area contributed by atoms with E-state index in [4.69, 9.17) is 11.5 Å². The Labute approximate surface area is 110 Å². The number of hydrogen-bond acceptors (Lipinski definition) is 2. The summed E-state index contributed by atoms with van der Waals surface area (Å²) in [6, 6.07) is 8.68. The van der Waals surface area contributed by atoms with Crippen molar-refractivity contribution in [3.8, 4) is 5.69 Å². The van der Waals surface area contributed by atoms with Crippen LogP contribution in [0.2, 0.25) is 0 Å². The van der Waals surface area contributed by atoms with E-state index in [0.29, 0.717) is 5.56 Å². The quantitative estimate of drug-likeness (QED) is 0.617. The van der Waals surface area contributed by atoms with Gasteiger partial charge in [0.05, 0.1) is 5.69 Å². The predicted octanol–water partition coefficient (Wildman–Crippen LogP) is 0.708. The van der Waals surface area contributed by atoms with Crippen LogP contribution in [0.25, 0.3) is 5.69 Å². The second-order valence-corrected chi connectivity index (χ2v) is 3.34. The fourth-order valence-electron chi connectivity index (χ4n) is 1.38. The molecule has 1 amide bonds. The molecule has 6 nitrogen and oxygen atoms in total. The third kappa shape index (κ3) is 3.08. The summed E-state index contributed by atoms with van der Waals surface area (Å²) in [6.45, 7) is 0. The van der Waals surface area contributed by atoms with Crippen molar-refractivity contribution in [2.24, 2.45) is 16.5 Å². The highest BCUT2D eigenvalue weighted by atomic mass is 35.5. The zero-order valence-corrected chi connectivity index (χ0v) is 10.2. The van der Waals surface area contributed by atoms with Gasteiger partial charge in [0.15, 0.2) is 5.96 Å². The van der Waals surface area contributed by atoms with Crippen molar-refractivity contribution in [1.82, 2.24) is 9.78 Å². The van der Waals surface area contributed by atoms with Gasteiger partial charge in [-0.25, -0.2) is 4.68 Å². The topological polar surface area (TPSA) is 99.3 Å². The lowest BCUT2D eigenvalue weighted by Gasteiger charge is -2.02. The Hall–Kier alpha value is -2.34. The Morgan fingerprint density at radius 2 is 2.06 bits per heavy atom. The van der Waals surface area contributed by atoms with Crippen LogP contribution in [0.4, 0.5) is 0 Å². The number of amides is 1. The zero-order valence-electron chi connectivity index (χ0n) is 9.35. The van der Waals surface area contributed by atoms with E-state index in [9.17, 15) is 4.79 Å². The Bertz CT molecular complexity index is 561. The maximum absolute atomic E-state index is 11.6. The minimum atomic E-state index is -0.473. The number of nitrogens with zero attached hydrogens (tertiary/aromatic N) is 3. The fourth-order valence-corrected chi connectivity index (χ4v) is 1.38. The van der Waals surface area contributed by atoms with Gasteiger partial charge < -0.3 is 11.5 Å². The number of aliphatic imine (C=N–C) groups is 1. The maximum Gasteiger partial charge on any atom is 0.280 e. The van der Waals surface area contributed by atoms with Crippen molar-refractivity contribution in [2.45, 2.75) is 0 Å². The SMILES string of the molecule is Cl.NC(N)=NC(=O)c1cccc(-n2cccn2)c1. The number of aromatic nitrogens is 2. The van der Waals surface area contributed by atoms with Gasteiger partial charge in [0, 0.05) is 18.0 Å². The highest BCUT2D eigenvalue weighted by Gasteiger charge is 2.06. The lowest BCUT2D eigenvalue weighted by Crippen LogP contribution is -2.24. The lowest BCUT2D eigenvalue weighted by atomic mass is 10.2. The molecule has 0 aliphatic heterocycles. The van der Waals surface area contributed by atoms with Gasteiger partial charge in [0.25, 0.3) is 5.91 Å². The Morgan fingerprint density at radius 3 is 2.67 bits per heavy atom. The molecule has 0 bridgehead atoms. The molecule has 4 N–H and O–H groups in total. The Balaban J connectivity index is 0.00000162. The number of benzene rings is 1. The van der Waals surface area contributed by atoms with E-state index in [2.05, 4.69) is 10.1 Å². The molecule has 1 aromatic carbocycles. The van der Waals surface area contributed by atoms with Crippen LogP contribution in [0, 0.1) is 0 Å². The molecule has 0 spiro atoms. The molecule has 2 aromatic rings. The number of rotatable bonds is 2. The second-order valence-electron chi connectivity index (χ2n) is 3.34. The molecular formula is C11H12ClN5O. The van der Waals surface area contributed by atoms with Gasteiger partial charge in [-0.2, -0.15) is 10.1 Å². The van der Waals surface area contributed by atoms with Crippen LogP contribution in [-0.2, 0) is 0 Å². The minimum absolute atomic E-state index is 0. The summed E-state index contributed by atoms with van der Waals surface area (Å²) >= 11 is 0. The molecule has 0 atom stereocenters. The van der Waals surface area contributed by atoms with Gasteiger partial charge in [-0.15, -0.1) is 12.4 Å². The van der Waals surface area contributed by atoms with Crippen molar-refractivity contribution < 1.29 is 4.79 Å². The molecule has 0 radical (unpaired) electrons. The van der Waals surface area contributed by atoms with Crippen LogP contribution in [0.15, 0.2) is 47.7 Å². The largest absolute Gasteiger partial charge is 0.370 e. The van der Waals surface area contributed by atoms with Crippen molar-refractivity contribution in [1.29, 1.82) is 0 Å². The third-order valence-corrected chi connectivity index (χ3v) is 2.09. The summed E-state index contributed by atoms with van der Waals surface area (Å²) in [6.07, 6.45) is 3.44. The van der Waals surface area contributed by atoms with Gasteiger partial charge >= 0.3 is 0 Å². The smallest absolute Gasteiger partial charge is 0.280 e. The van der Waals surface area contributed by atoms with E-state index >= 15 is 0 Å². The molecule has 1 aromatic heterocycles. The number of carbonyl (C=O) groups is 1. The summed E-state index contributed by atoms with van der Waals surface area (Å²) < 4.78 is 1.65. The Morgan fingerprint density at radius 1 is 1.28 bits per heavy atom. The molecular weight excluding hydrogens is 254 g/mol. The Kier molecular flexibility index (Phi) is 4.45. The van der Waals surface area contributed by atoms with E-state index in [0.717, 1.165) is 5.69 Å². The molecule has 0 aliphatic carbocycles. The summed E-state index contributed by atoms with van der Waals surface area (Å²) in [7, 11) is 0. The van der Waals surface area contributed by atoms with E-state index in [-0.39, 0.29) is 18.4 Å². The van der Waals surface area contributed by atoms with E-state index in [1.54, 1.807) is 41.3 Å². The van der Waals surface area contributed by atoms with Crippen molar-refractivity contribution in [3.05, 3.63) is 48.3 Å². The van der Waals surface area contributed by atoms with Gasteiger partial charge in [0.2, 0.25) is 0 Å². The number of nitrogens with two attached hydrogens (primary N) is 2. The molecule has 0 saturated carbocycles. The summed E-state index contributed by atoms with van der Waals surface area (Å²) in [4.78, 5) is 15.1. The molecule has 1 heterocycles. The first-order valence-corrected chi connectivity index (χ1v) is 4.91. The lowest BCUT2D eigenvalue weighted by molar-refractivity contribution is 0.100. The maximum atomic E-state index is 11.6. The van der Waals surface area contributed by atoms with Crippen molar-refractivity contribution in [3.63, 3.8) is 0 Å². The highest BCUT2D eigenvalue weighted by molar-refractivity contribution is 6.02. The third-order valence-electron chi connectivity index (χ3n) is 2.09. The minimum Gasteiger partial charge on any atom is -0.370 e. The predicted molar refractivity (Wildman–Crippen MR) is 71.0 cm³/mol. The van der Waals surface area contributed by atoms with Gasteiger partial charge in [-0.3, -0.25) is 4.79 Å². The average molecular weight is 266 g/mol. The summed E-state index contributed by atoms with van der Waals surface area (Å²) in [5, 5.41) is 4.07. The monoisotopic (exact) mass is 265 g/mol. The van der Waals surface area contributed by atoms with Crippen LogP contribution in [-0.4, -0.2) is 21.6 Å². The van der Waals surface area contributed by atoms with Crippen LogP contribution >= 0.6 is 12.4 Å². The van der Waals surface area contributed by atoms with Crippen molar-refractivity contribution >= 4 is 24.3 Å². The molecule has 0 aliphatic rings. The van der Waals surface area contributed by atoms with E-state index in [1.807, 2.05) is 6.07 Å². The molecule has 18 heavy (non-hydrogen) atoms. The first-order valence-electron chi connectivity index (χ1n) is 4.91. The summed E-state index contributed by atoms with van der Waals surface area (Å²) in [5.74, 6) is -0.724. The standard InChI is InChI=1S/C11H11N5O.ClH/c12-11(13)15-10(17)8-3-1-4-9(7-8)16-6-2-5-14-16;/h1-7H,(H4,12,13,15,17);1H. The molecule has 2 rings (SSSR count). The van der Waals surface area contributed by atoms with Gasteiger partial charge in [-0.1, -0.05) is 6.07 Å². The normalized spacial score (nSPS) is 9.33. The molecule has 94 valence electrons. The second kappa shape index (κ2) is 5.83. The van der Waals surface area contributed by atoms with E-state index < -0.39 is 5.91 Å². The number of halogens is 1. The molecule has 0 unspecified atom stereocenters. The van der Waals surface area contributed by atoms with Crippen molar-refractivity contribution in [2.75, 3.05) is 0 Å². The van der Waals surface area contributed by atoms with Gasteiger partial charge in [0.1, 0.15) is 0 Å². The molecule has 7 heteroatoms. The molecule has 0 saturated heterocycles. The average Bonchev–Trinajstić information content (AvgIpc) is 2.82. The first kappa shape index (κ1) is 13.7. The summed E-state index contributed by atoms with van der Waals surface area (Å²) in [5.41, 5.74) is 11.5. The van der Waals surface area contributed by atoms with Crippen LogP contribution in [0.5, 0.6) is 0 Å². The van der Waals surface area contributed by atoms with Crippen LogP contribution in [0.3, 0.4) is 0 Å².